The van der Waals surface area contributed by atoms with Crippen LogP contribution in [0.3, 0.4) is 0 Å². The molecule has 1 atom stereocenters. The lowest BCUT2D eigenvalue weighted by atomic mass is 9.91. The molecule has 0 aromatic heterocycles. The third-order valence-corrected chi connectivity index (χ3v) is 1.90. The van der Waals surface area contributed by atoms with E-state index in [9.17, 15) is 39.5 Å². The van der Waals surface area contributed by atoms with Crippen molar-refractivity contribution in [3.05, 3.63) is 0 Å². The zero-order chi connectivity index (χ0) is 13.4. The van der Waals surface area contributed by atoms with Gasteiger partial charge >= 0.3 is 18.3 Å². The third-order valence-electron chi connectivity index (χ3n) is 1.90. The maximum atomic E-state index is 13.0. The second-order valence-corrected chi connectivity index (χ2v) is 3.12. The molecule has 0 aliphatic carbocycles. The first-order valence-electron chi connectivity index (χ1n) is 4.01. The second kappa shape index (κ2) is 3.99. The first-order valence-corrected chi connectivity index (χ1v) is 4.01. The Balaban J connectivity index is 5.54. The molecule has 9 heteroatoms. The van der Waals surface area contributed by atoms with Crippen LogP contribution in [0.4, 0.5) is 39.5 Å². The lowest BCUT2D eigenvalue weighted by Crippen LogP contribution is -2.61. The quantitative estimate of drug-likeness (QED) is 0.667. The third kappa shape index (κ3) is 2.22. The molecule has 0 fully saturated rings. The minimum absolute atomic E-state index is 0.804. The molecule has 0 nitrogen and oxygen atoms in total. The Morgan fingerprint density at radius 2 is 1.06 bits per heavy atom. The zero-order valence-corrected chi connectivity index (χ0v) is 7.82. The highest BCUT2D eigenvalue weighted by Crippen LogP contribution is 2.54. The van der Waals surface area contributed by atoms with Gasteiger partial charge in [-0.3, -0.25) is 0 Å². The summed E-state index contributed by atoms with van der Waals surface area (Å²) in [4.78, 5) is 0. The lowest BCUT2D eigenvalue weighted by molar-refractivity contribution is -0.384. The molecule has 0 spiro atoms. The van der Waals surface area contributed by atoms with Crippen LogP contribution in [0.2, 0.25) is 0 Å². The fourth-order valence-electron chi connectivity index (χ4n) is 1.05. The number of alkyl halides is 9. The van der Waals surface area contributed by atoms with Gasteiger partial charge in [0.05, 0.1) is 0 Å². The second-order valence-electron chi connectivity index (χ2n) is 3.12. The smallest absolute Gasteiger partial charge is 0.227 e. The molecule has 1 unspecified atom stereocenters. The van der Waals surface area contributed by atoms with Gasteiger partial charge in [-0.2, -0.15) is 35.1 Å². The summed E-state index contributed by atoms with van der Waals surface area (Å²) in [6, 6.07) is 0. The summed E-state index contributed by atoms with van der Waals surface area (Å²) >= 11 is 0. The fraction of sp³-hybridized carbons (Fsp3) is 1.00. The van der Waals surface area contributed by atoms with Crippen molar-refractivity contribution in [3.8, 4) is 0 Å². The SMILES string of the molecule is CCCC(F)(C(F)(F)F)C(F)(F)C(F)(F)F. The summed E-state index contributed by atoms with van der Waals surface area (Å²) in [5.74, 6) is -6.46. The Kier molecular flexibility index (Phi) is 3.83. The first kappa shape index (κ1) is 15.4. The van der Waals surface area contributed by atoms with Gasteiger partial charge in [0.2, 0.25) is 0 Å². The molecule has 98 valence electrons. The normalized spacial score (nSPS) is 18.4. The summed E-state index contributed by atoms with van der Waals surface area (Å²) < 4.78 is 109. The molecule has 0 rings (SSSR count). The van der Waals surface area contributed by atoms with E-state index in [4.69, 9.17) is 0 Å². The molecular formula is C7H7F9. The van der Waals surface area contributed by atoms with Gasteiger partial charge in [-0.15, -0.1) is 0 Å². The van der Waals surface area contributed by atoms with Crippen LogP contribution < -0.4 is 0 Å². The van der Waals surface area contributed by atoms with Gasteiger partial charge in [0.1, 0.15) is 0 Å². The fourth-order valence-corrected chi connectivity index (χ4v) is 1.05. The van der Waals surface area contributed by atoms with E-state index in [0.29, 0.717) is 0 Å². The van der Waals surface area contributed by atoms with Crippen LogP contribution in [0, 0.1) is 0 Å². The van der Waals surface area contributed by atoms with E-state index in [2.05, 4.69) is 0 Å². The first-order chi connectivity index (χ1) is 6.81. The van der Waals surface area contributed by atoms with E-state index in [1.54, 1.807) is 0 Å². The lowest BCUT2D eigenvalue weighted by Gasteiger charge is -2.35. The van der Waals surface area contributed by atoms with E-state index in [0.717, 1.165) is 6.92 Å². The van der Waals surface area contributed by atoms with Gasteiger partial charge in [0, 0.05) is 0 Å². The highest BCUT2D eigenvalue weighted by molar-refractivity contribution is 5.03. The maximum Gasteiger partial charge on any atom is 0.457 e. The zero-order valence-electron chi connectivity index (χ0n) is 7.82. The van der Waals surface area contributed by atoms with Crippen molar-refractivity contribution in [1.29, 1.82) is 0 Å². The van der Waals surface area contributed by atoms with Gasteiger partial charge in [0.25, 0.3) is 5.67 Å². The van der Waals surface area contributed by atoms with Crippen molar-refractivity contribution >= 4 is 0 Å². The number of hydrogen-bond acceptors (Lipinski definition) is 0. The van der Waals surface area contributed by atoms with E-state index in [1.165, 1.54) is 0 Å². The molecule has 0 aliphatic rings. The summed E-state index contributed by atoms with van der Waals surface area (Å²) in [7, 11) is 0. The van der Waals surface area contributed by atoms with Crippen LogP contribution in [-0.4, -0.2) is 23.9 Å². The average molecular weight is 262 g/mol. The molecule has 0 saturated carbocycles. The predicted octanol–water partition coefficient (Wildman–Crippen LogP) is 4.25. The van der Waals surface area contributed by atoms with Gasteiger partial charge < -0.3 is 0 Å². The molecule has 0 aromatic carbocycles. The van der Waals surface area contributed by atoms with Crippen molar-refractivity contribution < 1.29 is 39.5 Å². The molecular weight excluding hydrogens is 255 g/mol. The van der Waals surface area contributed by atoms with Gasteiger partial charge in [-0.05, 0) is 6.42 Å². The Labute approximate surface area is 84.4 Å². The number of rotatable bonds is 3. The van der Waals surface area contributed by atoms with Gasteiger partial charge in [0.15, 0.2) is 0 Å². The molecule has 0 saturated heterocycles. The van der Waals surface area contributed by atoms with Gasteiger partial charge in [-0.25, -0.2) is 4.39 Å². The largest absolute Gasteiger partial charge is 0.457 e. The number of hydrogen-bond donors (Lipinski definition) is 0. The minimum Gasteiger partial charge on any atom is -0.227 e. The van der Waals surface area contributed by atoms with Crippen molar-refractivity contribution in [3.63, 3.8) is 0 Å². The Morgan fingerprint density at radius 3 is 1.25 bits per heavy atom. The van der Waals surface area contributed by atoms with Crippen LogP contribution >= 0.6 is 0 Å². The van der Waals surface area contributed by atoms with Crippen molar-refractivity contribution in [2.24, 2.45) is 0 Å². The van der Waals surface area contributed by atoms with Crippen LogP contribution in [0.15, 0.2) is 0 Å². The van der Waals surface area contributed by atoms with Crippen molar-refractivity contribution in [2.75, 3.05) is 0 Å². The van der Waals surface area contributed by atoms with E-state index >= 15 is 0 Å². The van der Waals surface area contributed by atoms with E-state index in [1.807, 2.05) is 0 Å². The molecule has 0 amide bonds. The Hall–Kier alpha value is -0.630. The predicted molar refractivity (Wildman–Crippen MR) is 35.8 cm³/mol. The highest BCUT2D eigenvalue weighted by atomic mass is 19.4. The Morgan fingerprint density at radius 1 is 0.688 bits per heavy atom. The topological polar surface area (TPSA) is 0 Å². The van der Waals surface area contributed by atoms with Crippen LogP contribution in [0.1, 0.15) is 19.8 Å². The average Bonchev–Trinajstić information content (AvgIpc) is 1.99. The summed E-state index contributed by atoms with van der Waals surface area (Å²) in [5, 5.41) is 0. The van der Waals surface area contributed by atoms with Gasteiger partial charge in [-0.1, -0.05) is 13.3 Å². The molecule has 0 bridgehead atoms. The maximum absolute atomic E-state index is 13.0. The summed E-state index contributed by atoms with van der Waals surface area (Å²) in [5.41, 5.74) is -5.59. The molecule has 0 aromatic rings. The number of halogens is 9. The summed E-state index contributed by atoms with van der Waals surface area (Å²) in [6.45, 7) is 0.868. The van der Waals surface area contributed by atoms with Crippen LogP contribution in [0.5, 0.6) is 0 Å². The molecule has 0 heterocycles. The minimum atomic E-state index is -6.59. The van der Waals surface area contributed by atoms with Crippen molar-refractivity contribution in [1.82, 2.24) is 0 Å². The van der Waals surface area contributed by atoms with Crippen molar-refractivity contribution in [2.45, 2.75) is 43.7 Å². The molecule has 0 radical (unpaired) electrons. The molecule has 0 aliphatic heterocycles. The Bertz CT molecular complexity index is 237. The van der Waals surface area contributed by atoms with E-state index < -0.39 is 36.8 Å². The monoisotopic (exact) mass is 262 g/mol. The van der Waals surface area contributed by atoms with Crippen LogP contribution in [0.25, 0.3) is 0 Å². The highest BCUT2D eigenvalue weighted by Gasteiger charge is 2.80. The standard InChI is InChI=1S/C7H7F9/c1-2-3-4(8,6(11,12)13)5(9,10)7(14,15)16/h2-3H2,1H3. The molecule has 16 heavy (non-hydrogen) atoms. The van der Waals surface area contributed by atoms with E-state index in [-0.39, 0.29) is 0 Å². The summed E-state index contributed by atoms with van der Waals surface area (Å²) in [6.07, 6.45) is -15.6. The van der Waals surface area contributed by atoms with Crippen LogP contribution in [-0.2, 0) is 0 Å². The molecule has 0 N–H and O–H groups in total.